The molecule has 4 rings (SSSR count). The summed E-state index contributed by atoms with van der Waals surface area (Å²) < 4.78 is 0. The molecule has 0 amide bonds. The molecule has 264 valence electrons. The molecule has 4 aliphatic carbocycles. The maximum Gasteiger partial charge on any atom is 0.303 e. The van der Waals surface area contributed by atoms with E-state index in [0.29, 0.717) is 17.3 Å². The third kappa shape index (κ3) is 10.6. The fourth-order valence-corrected chi connectivity index (χ4v) is 11.0. The number of unbranched alkanes of at least 4 members (excludes halogenated alkanes) is 5. The van der Waals surface area contributed by atoms with E-state index in [-0.39, 0.29) is 0 Å². The largest absolute Gasteiger partial charge is 0.481 e. The molecule has 2 heteroatoms. The predicted molar refractivity (Wildman–Crippen MR) is 202 cm³/mol. The molecule has 3 unspecified atom stereocenters. The van der Waals surface area contributed by atoms with Crippen molar-refractivity contribution < 1.29 is 9.90 Å². The van der Waals surface area contributed by atoms with Crippen molar-refractivity contribution in [3.05, 3.63) is 60.3 Å². The Morgan fingerprint density at radius 1 is 0.809 bits per heavy atom. The van der Waals surface area contributed by atoms with Crippen molar-refractivity contribution in [1.29, 1.82) is 0 Å². The number of hydrogen-bond donors (Lipinski definition) is 1. The van der Waals surface area contributed by atoms with Crippen molar-refractivity contribution in [2.45, 2.75) is 163 Å². The van der Waals surface area contributed by atoms with Gasteiger partial charge in [0.25, 0.3) is 0 Å². The predicted octanol–water partition coefficient (Wildman–Crippen LogP) is 13.5. The molecule has 47 heavy (non-hydrogen) atoms. The SMILES string of the molecule is CC(C)CCC[C@@H](C)[C@H]1CC[C@@H]2C3CC=C4CC(CCC=CC=CC=CC=CCCCCCCCC(=O)O)CC[C@]4(C)C3CC[C@@]21C. The summed E-state index contributed by atoms with van der Waals surface area (Å²) in [4.78, 5) is 10.5. The summed E-state index contributed by atoms with van der Waals surface area (Å²) in [6.07, 6.45) is 45.5. The molecule has 0 aromatic carbocycles. The van der Waals surface area contributed by atoms with Crippen molar-refractivity contribution in [3.63, 3.8) is 0 Å². The Morgan fingerprint density at radius 2 is 1.51 bits per heavy atom. The second-order valence-electron chi connectivity index (χ2n) is 17.3. The van der Waals surface area contributed by atoms with E-state index >= 15 is 0 Å². The van der Waals surface area contributed by atoms with Gasteiger partial charge in [0.15, 0.2) is 0 Å². The van der Waals surface area contributed by atoms with Gasteiger partial charge in [-0.1, -0.05) is 133 Å². The molecule has 0 bridgehead atoms. The van der Waals surface area contributed by atoms with Crippen LogP contribution in [0.15, 0.2) is 60.3 Å². The smallest absolute Gasteiger partial charge is 0.303 e. The zero-order valence-electron chi connectivity index (χ0n) is 31.2. The van der Waals surface area contributed by atoms with Crippen LogP contribution in [-0.2, 0) is 4.79 Å². The fourth-order valence-electron chi connectivity index (χ4n) is 11.0. The number of rotatable bonds is 19. The standard InChI is InChI=1S/C45H72O2/c1-35(2)22-21-23-36(3)40-28-29-41-39-27-26-38-34-37(30-32-44(38,4)42(39)31-33-45(40,41)5)24-19-17-15-13-11-9-7-6-8-10-12-14-16-18-20-25-43(46)47/h6-9,11,13,15,17,26,35-37,39-42H,10,12,14,16,18-25,27-34H2,1-5H3,(H,46,47)/t36-,37?,39?,40-,41-,42?,44+,45-/m1/s1. The fraction of sp³-hybridized carbons (Fsp3) is 0.756. The Bertz CT molecular complexity index is 1110. The van der Waals surface area contributed by atoms with E-state index < -0.39 is 5.97 Å². The van der Waals surface area contributed by atoms with Gasteiger partial charge in [-0.15, -0.1) is 0 Å². The summed E-state index contributed by atoms with van der Waals surface area (Å²) in [5, 5.41) is 8.68. The van der Waals surface area contributed by atoms with Crippen LogP contribution in [0, 0.1) is 52.3 Å². The first-order chi connectivity index (χ1) is 22.6. The summed E-state index contributed by atoms with van der Waals surface area (Å²) in [7, 11) is 0. The van der Waals surface area contributed by atoms with Crippen LogP contribution in [0.2, 0.25) is 0 Å². The van der Waals surface area contributed by atoms with Gasteiger partial charge in [0.2, 0.25) is 0 Å². The molecule has 0 aromatic heterocycles. The molecule has 0 heterocycles. The number of aliphatic carboxylic acids is 1. The van der Waals surface area contributed by atoms with Crippen LogP contribution in [-0.4, -0.2) is 11.1 Å². The molecule has 3 saturated carbocycles. The van der Waals surface area contributed by atoms with Gasteiger partial charge in [0.1, 0.15) is 0 Å². The summed E-state index contributed by atoms with van der Waals surface area (Å²) in [6.45, 7) is 12.8. The second-order valence-corrected chi connectivity index (χ2v) is 17.3. The minimum Gasteiger partial charge on any atom is -0.481 e. The summed E-state index contributed by atoms with van der Waals surface area (Å²) in [5.74, 6) is 5.75. The minimum absolute atomic E-state index is 0.311. The highest BCUT2D eigenvalue weighted by atomic mass is 16.4. The topological polar surface area (TPSA) is 37.3 Å². The zero-order chi connectivity index (χ0) is 33.7. The van der Waals surface area contributed by atoms with Crippen molar-refractivity contribution in [1.82, 2.24) is 0 Å². The quantitative estimate of drug-likeness (QED) is 0.0863. The van der Waals surface area contributed by atoms with E-state index in [1.165, 1.54) is 96.3 Å². The monoisotopic (exact) mass is 645 g/mol. The number of carbonyl (C=O) groups is 1. The highest BCUT2D eigenvalue weighted by Gasteiger charge is 2.59. The molecule has 2 nitrogen and oxygen atoms in total. The van der Waals surface area contributed by atoms with Crippen LogP contribution in [0.1, 0.15) is 163 Å². The first-order valence-corrected chi connectivity index (χ1v) is 20.2. The minimum atomic E-state index is -0.674. The van der Waals surface area contributed by atoms with Crippen LogP contribution in [0.4, 0.5) is 0 Å². The Balaban J connectivity index is 1.14. The molecule has 0 aliphatic heterocycles. The van der Waals surface area contributed by atoms with Gasteiger partial charge in [-0.05, 0) is 136 Å². The van der Waals surface area contributed by atoms with Crippen molar-refractivity contribution in [2.75, 3.05) is 0 Å². The Kier molecular flexibility index (Phi) is 15.2. The highest BCUT2D eigenvalue weighted by Crippen LogP contribution is 2.67. The number of carboxylic acids is 1. The molecule has 0 radical (unpaired) electrons. The van der Waals surface area contributed by atoms with Crippen LogP contribution in [0.25, 0.3) is 0 Å². The Labute approximate surface area is 290 Å². The summed E-state index contributed by atoms with van der Waals surface area (Å²) in [5.41, 5.74) is 2.93. The van der Waals surface area contributed by atoms with Crippen LogP contribution in [0.3, 0.4) is 0 Å². The molecule has 3 fully saturated rings. The first kappa shape index (κ1) is 38.0. The Morgan fingerprint density at radius 3 is 2.26 bits per heavy atom. The van der Waals surface area contributed by atoms with E-state index in [2.05, 4.69) is 89.3 Å². The second kappa shape index (κ2) is 18.8. The summed E-state index contributed by atoms with van der Waals surface area (Å²) in [6, 6.07) is 0. The lowest BCUT2D eigenvalue weighted by atomic mass is 9.46. The highest BCUT2D eigenvalue weighted by molar-refractivity contribution is 5.66. The van der Waals surface area contributed by atoms with E-state index in [1.807, 2.05) is 5.57 Å². The molecular formula is C45H72O2. The summed E-state index contributed by atoms with van der Waals surface area (Å²) >= 11 is 0. The normalized spacial score (nSPS) is 33.1. The lowest BCUT2D eigenvalue weighted by Crippen LogP contribution is -2.50. The maximum absolute atomic E-state index is 10.5. The number of fused-ring (bicyclic) bond motifs is 5. The van der Waals surface area contributed by atoms with E-state index in [9.17, 15) is 4.79 Å². The van der Waals surface area contributed by atoms with E-state index in [1.54, 1.807) is 0 Å². The van der Waals surface area contributed by atoms with Crippen molar-refractivity contribution in [2.24, 2.45) is 52.3 Å². The molecule has 0 spiro atoms. The van der Waals surface area contributed by atoms with Gasteiger partial charge in [0, 0.05) is 6.42 Å². The van der Waals surface area contributed by atoms with Crippen LogP contribution in [0.5, 0.6) is 0 Å². The third-order valence-corrected chi connectivity index (χ3v) is 13.7. The van der Waals surface area contributed by atoms with Gasteiger partial charge in [-0.3, -0.25) is 4.79 Å². The van der Waals surface area contributed by atoms with Gasteiger partial charge >= 0.3 is 5.97 Å². The van der Waals surface area contributed by atoms with Gasteiger partial charge in [-0.25, -0.2) is 0 Å². The lowest BCUT2D eigenvalue weighted by Gasteiger charge is -2.58. The van der Waals surface area contributed by atoms with Gasteiger partial charge in [-0.2, -0.15) is 0 Å². The number of allylic oxidation sites excluding steroid dienone is 10. The van der Waals surface area contributed by atoms with Crippen molar-refractivity contribution in [3.8, 4) is 0 Å². The lowest BCUT2D eigenvalue weighted by molar-refractivity contribution is -0.137. The van der Waals surface area contributed by atoms with Crippen LogP contribution < -0.4 is 0 Å². The van der Waals surface area contributed by atoms with Gasteiger partial charge < -0.3 is 5.11 Å². The molecule has 4 aliphatic rings. The average molecular weight is 645 g/mol. The van der Waals surface area contributed by atoms with Crippen LogP contribution >= 0.6 is 0 Å². The number of hydrogen-bond acceptors (Lipinski definition) is 1. The zero-order valence-corrected chi connectivity index (χ0v) is 31.2. The molecule has 1 N–H and O–H groups in total. The Hall–Kier alpha value is -1.83. The number of carboxylic acid groups (broad SMARTS) is 1. The maximum atomic E-state index is 10.5. The van der Waals surface area contributed by atoms with E-state index in [4.69, 9.17) is 5.11 Å². The third-order valence-electron chi connectivity index (χ3n) is 13.7. The molecule has 8 atom stereocenters. The average Bonchev–Trinajstić information content (AvgIpc) is 3.39. The molecule has 0 saturated heterocycles. The molecular weight excluding hydrogens is 572 g/mol. The van der Waals surface area contributed by atoms with Gasteiger partial charge in [0.05, 0.1) is 0 Å². The van der Waals surface area contributed by atoms with Crippen molar-refractivity contribution >= 4 is 5.97 Å². The molecule has 0 aromatic rings. The van der Waals surface area contributed by atoms with E-state index in [0.717, 1.165) is 67.1 Å². The first-order valence-electron chi connectivity index (χ1n) is 20.2.